The highest BCUT2D eigenvalue weighted by atomic mass is 32.2. The van der Waals surface area contributed by atoms with Crippen molar-refractivity contribution in [3.63, 3.8) is 0 Å². The monoisotopic (exact) mass is 303 g/mol. The summed E-state index contributed by atoms with van der Waals surface area (Å²) in [7, 11) is 0. The Kier molecular flexibility index (Phi) is 4.94. The number of aromatic carboxylic acids is 1. The summed E-state index contributed by atoms with van der Waals surface area (Å²) in [5.74, 6) is -1.44. The van der Waals surface area contributed by atoms with Crippen LogP contribution >= 0.6 is 11.8 Å². The number of aliphatic carboxylic acids is 1. The van der Waals surface area contributed by atoms with Crippen molar-refractivity contribution in [1.29, 1.82) is 0 Å². The first-order chi connectivity index (χ1) is 10.1. The van der Waals surface area contributed by atoms with Crippen molar-refractivity contribution in [1.82, 2.24) is 4.98 Å². The zero-order valence-corrected chi connectivity index (χ0v) is 11.8. The van der Waals surface area contributed by atoms with Crippen molar-refractivity contribution in [3.8, 4) is 0 Å². The summed E-state index contributed by atoms with van der Waals surface area (Å²) in [4.78, 5) is 26.0. The fourth-order valence-corrected chi connectivity index (χ4v) is 2.87. The number of carboxylic acids is 2. The summed E-state index contributed by atoms with van der Waals surface area (Å²) in [5, 5.41) is 18.4. The van der Waals surface area contributed by atoms with Crippen molar-refractivity contribution < 1.29 is 19.8 Å². The highest BCUT2D eigenvalue weighted by Gasteiger charge is 2.12. The zero-order chi connectivity index (χ0) is 15.2. The normalized spacial score (nSPS) is 10.3. The van der Waals surface area contributed by atoms with Crippen molar-refractivity contribution in [2.45, 2.75) is 17.2 Å². The van der Waals surface area contributed by atoms with Crippen LogP contribution in [-0.2, 0) is 17.0 Å². The lowest BCUT2D eigenvalue weighted by molar-refractivity contribution is -0.136. The van der Waals surface area contributed by atoms with Crippen LogP contribution in [0.5, 0.6) is 0 Å². The summed E-state index contributed by atoms with van der Waals surface area (Å²) in [5.41, 5.74) is 1.75. The number of pyridine rings is 1. The van der Waals surface area contributed by atoms with Gasteiger partial charge >= 0.3 is 11.9 Å². The van der Waals surface area contributed by atoms with Crippen LogP contribution in [0.1, 0.15) is 21.5 Å². The van der Waals surface area contributed by atoms with Crippen molar-refractivity contribution >= 4 is 23.7 Å². The van der Waals surface area contributed by atoms with Crippen LogP contribution in [0.25, 0.3) is 0 Å². The van der Waals surface area contributed by atoms with Gasteiger partial charge in [-0.2, -0.15) is 0 Å². The smallest absolute Gasteiger partial charge is 0.338 e. The molecule has 0 saturated heterocycles. The van der Waals surface area contributed by atoms with Gasteiger partial charge in [-0.05, 0) is 23.3 Å². The summed E-state index contributed by atoms with van der Waals surface area (Å²) in [6.45, 7) is 0. The fourth-order valence-electron chi connectivity index (χ4n) is 1.85. The molecule has 2 rings (SSSR count). The van der Waals surface area contributed by atoms with Gasteiger partial charge in [-0.15, -0.1) is 11.8 Å². The average molecular weight is 303 g/mol. The maximum absolute atomic E-state index is 11.1. The van der Waals surface area contributed by atoms with Gasteiger partial charge in [-0.25, -0.2) is 9.78 Å². The molecule has 2 aromatic rings. The van der Waals surface area contributed by atoms with Crippen LogP contribution in [0.15, 0.2) is 47.6 Å². The molecular weight excluding hydrogens is 290 g/mol. The van der Waals surface area contributed by atoms with E-state index < -0.39 is 11.9 Å². The van der Waals surface area contributed by atoms with Crippen molar-refractivity contribution in [3.05, 3.63) is 59.3 Å². The van der Waals surface area contributed by atoms with E-state index in [1.807, 2.05) is 12.1 Å². The fraction of sp³-hybridized carbons (Fsp3) is 0.133. The minimum atomic E-state index is -1.02. The van der Waals surface area contributed by atoms with E-state index in [4.69, 9.17) is 10.2 Å². The van der Waals surface area contributed by atoms with Gasteiger partial charge in [0.15, 0.2) is 0 Å². The van der Waals surface area contributed by atoms with E-state index in [9.17, 15) is 9.59 Å². The molecule has 0 saturated carbocycles. The highest BCUT2D eigenvalue weighted by molar-refractivity contribution is 7.98. The first kappa shape index (κ1) is 15.1. The molecule has 1 heterocycles. The molecule has 108 valence electrons. The number of nitrogens with zero attached hydrogens (tertiary/aromatic N) is 1. The standard InChI is InChI=1S/C15H13NO4S/c17-13(18)8-10-4-1-2-5-11(10)9-21-14-12(15(19)20)6-3-7-16-14/h1-7H,8-9H2,(H,17,18)(H,19,20). The van der Waals surface area contributed by atoms with Crippen LogP contribution in [0.3, 0.4) is 0 Å². The molecule has 0 spiro atoms. The quantitative estimate of drug-likeness (QED) is 0.798. The average Bonchev–Trinajstić information content (AvgIpc) is 2.46. The molecule has 6 heteroatoms. The second kappa shape index (κ2) is 6.90. The maximum atomic E-state index is 11.1. The molecule has 1 aromatic carbocycles. The Morgan fingerprint density at radius 2 is 1.76 bits per heavy atom. The number of thioether (sulfide) groups is 1. The van der Waals surface area contributed by atoms with E-state index >= 15 is 0 Å². The van der Waals surface area contributed by atoms with Crippen LogP contribution in [0.2, 0.25) is 0 Å². The number of carbonyl (C=O) groups is 2. The Labute approximate surface area is 125 Å². The number of hydrogen-bond donors (Lipinski definition) is 2. The number of rotatable bonds is 6. The molecule has 0 aliphatic heterocycles. The third-order valence-electron chi connectivity index (χ3n) is 2.83. The lowest BCUT2D eigenvalue weighted by atomic mass is 10.1. The summed E-state index contributed by atoms with van der Waals surface area (Å²) in [6.07, 6.45) is 1.49. The summed E-state index contributed by atoms with van der Waals surface area (Å²) < 4.78 is 0. The predicted octanol–water partition coefficient (Wildman–Crippen LogP) is 2.70. The second-order valence-electron chi connectivity index (χ2n) is 4.29. The molecule has 0 unspecified atom stereocenters. The van der Waals surface area contributed by atoms with E-state index in [0.29, 0.717) is 10.8 Å². The van der Waals surface area contributed by atoms with Gasteiger partial charge in [-0.1, -0.05) is 24.3 Å². The van der Waals surface area contributed by atoms with Gasteiger partial charge in [0.25, 0.3) is 0 Å². The van der Waals surface area contributed by atoms with Crippen LogP contribution in [0, 0.1) is 0 Å². The Morgan fingerprint density at radius 3 is 2.43 bits per heavy atom. The Hall–Kier alpha value is -2.34. The number of aromatic nitrogens is 1. The molecule has 0 atom stereocenters. The Bertz CT molecular complexity index is 672. The molecule has 0 bridgehead atoms. The molecule has 5 nitrogen and oxygen atoms in total. The molecular formula is C15H13NO4S. The molecule has 0 radical (unpaired) electrons. The maximum Gasteiger partial charge on any atom is 0.338 e. The van der Waals surface area contributed by atoms with Gasteiger partial charge < -0.3 is 10.2 Å². The zero-order valence-electron chi connectivity index (χ0n) is 11.0. The number of hydrogen-bond acceptors (Lipinski definition) is 4. The molecule has 1 aromatic heterocycles. The third kappa shape index (κ3) is 4.06. The lowest BCUT2D eigenvalue weighted by Gasteiger charge is -2.08. The molecule has 0 aliphatic rings. The molecule has 21 heavy (non-hydrogen) atoms. The number of benzene rings is 1. The van der Waals surface area contributed by atoms with Gasteiger partial charge in [0.1, 0.15) is 5.03 Å². The van der Waals surface area contributed by atoms with Gasteiger partial charge in [-0.3, -0.25) is 4.79 Å². The Morgan fingerprint density at radius 1 is 1.05 bits per heavy atom. The Balaban J connectivity index is 2.17. The minimum absolute atomic E-state index is 0.0509. The minimum Gasteiger partial charge on any atom is -0.481 e. The van der Waals surface area contributed by atoms with Crippen LogP contribution in [-0.4, -0.2) is 27.1 Å². The first-order valence-corrected chi connectivity index (χ1v) is 7.16. The van der Waals surface area contributed by atoms with Crippen LogP contribution < -0.4 is 0 Å². The second-order valence-corrected chi connectivity index (χ2v) is 5.25. The van der Waals surface area contributed by atoms with E-state index in [1.165, 1.54) is 24.0 Å². The predicted molar refractivity (Wildman–Crippen MR) is 78.5 cm³/mol. The van der Waals surface area contributed by atoms with Crippen molar-refractivity contribution in [2.24, 2.45) is 0 Å². The molecule has 0 aliphatic carbocycles. The summed E-state index contributed by atoms with van der Waals surface area (Å²) in [6, 6.07) is 10.3. The number of carboxylic acid groups (broad SMARTS) is 2. The third-order valence-corrected chi connectivity index (χ3v) is 3.88. The van der Waals surface area contributed by atoms with Crippen molar-refractivity contribution in [2.75, 3.05) is 0 Å². The SMILES string of the molecule is O=C(O)Cc1ccccc1CSc1ncccc1C(=O)O. The van der Waals surface area contributed by atoms with E-state index in [1.54, 1.807) is 18.2 Å². The first-order valence-electron chi connectivity index (χ1n) is 6.17. The topological polar surface area (TPSA) is 87.5 Å². The molecule has 2 N–H and O–H groups in total. The van der Waals surface area contributed by atoms with E-state index in [0.717, 1.165) is 11.1 Å². The van der Waals surface area contributed by atoms with Gasteiger partial charge in [0.05, 0.1) is 12.0 Å². The summed E-state index contributed by atoms with van der Waals surface area (Å²) >= 11 is 1.28. The van der Waals surface area contributed by atoms with E-state index in [-0.39, 0.29) is 12.0 Å². The van der Waals surface area contributed by atoms with E-state index in [2.05, 4.69) is 4.98 Å². The van der Waals surface area contributed by atoms with Crippen LogP contribution in [0.4, 0.5) is 0 Å². The molecule has 0 fully saturated rings. The van der Waals surface area contributed by atoms with Gasteiger partial charge in [0.2, 0.25) is 0 Å². The largest absolute Gasteiger partial charge is 0.481 e. The highest BCUT2D eigenvalue weighted by Crippen LogP contribution is 2.25. The lowest BCUT2D eigenvalue weighted by Crippen LogP contribution is -2.04. The van der Waals surface area contributed by atoms with Gasteiger partial charge in [0, 0.05) is 11.9 Å². The molecule has 0 amide bonds.